The minimum absolute atomic E-state index is 0.195. The first-order valence-electron chi connectivity index (χ1n) is 6.19. The van der Waals surface area contributed by atoms with Gasteiger partial charge >= 0.3 is 0 Å². The molecule has 0 unspecified atom stereocenters. The van der Waals surface area contributed by atoms with E-state index in [2.05, 4.69) is 27.6 Å². The van der Waals surface area contributed by atoms with Gasteiger partial charge in [0.2, 0.25) is 0 Å². The number of aromatic nitrogens is 3. The average molecular weight is 259 g/mol. The molecule has 2 aromatic heterocycles. The van der Waals surface area contributed by atoms with Crippen molar-refractivity contribution in [2.75, 3.05) is 17.2 Å². The molecule has 0 aliphatic carbocycles. The van der Waals surface area contributed by atoms with Gasteiger partial charge in [0.15, 0.2) is 5.82 Å². The molecular formula is C13H17N5O. The molecule has 2 N–H and O–H groups in total. The Bertz CT molecular complexity index is 564. The van der Waals surface area contributed by atoms with E-state index in [0.29, 0.717) is 11.4 Å². The minimum atomic E-state index is -0.195. The number of nitrogens with one attached hydrogen (secondary N) is 2. The quantitative estimate of drug-likeness (QED) is 0.860. The summed E-state index contributed by atoms with van der Waals surface area (Å²) in [5.41, 5.74) is 1.30. The van der Waals surface area contributed by atoms with E-state index in [-0.39, 0.29) is 5.91 Å². The van der Waals surface area contributed by atoms with Gasteiger partial charge in [0, 0.05) is 32.1 Å². The zero-order valence-electron chi connectivity index (χ0n) is 11.1. The van der Waals surface area contributed by atoms with Crippen molar-refractivity contribution in [2.24, 2.45) is 7.05 Å². The Kier molecular flexibility index (Phi) is 4.12. The lowest BCUT2D eigenvalue weighted by molar-refractivity contribution is 0.102. The number of aryl methyl sites for hydroxylation is 1. The summed E-state index contributed by atoms with van der Waals surface area (Å²) in [5, 5.41) is 10.1. The summed E-state index contributed by atoms with van der Waals surface area (Å²) in [4.78, 5) is 16.2. The van der Waals surface area contributed by atoms with E-state index >= 15 is 0 Å². The Balaban J connectivity index is 2.14. The van der Waals surface area contributed by atoms with E-state index in [1.807, 2.05) is 0 Å². The van der Waals surface area contributed by atoms with Gasteiger partial charge in [-0.1, -0.05) is 6.92 Å². The highest BCUT2D eigenvalue weighted by Crippen LogP contribution is 2.15. The first kappa shape index (κ1) is 13.1. The van der Waals surface area contributed by atoms with Crippen molar-refractivity contribution in [3.05, 3.63) is 36.3 Å². The van der Waals surface area contributed by atoms with E-state index in [9.17, 15) is 4.79 Å². The topological polar surface area (TPSA) is 71.8 Å². The predicted molar refractivity (Wildman–Crippen MR) is 74.2 cm³/mol. The summed E-state index contributed by atoms with van der Waals surface area (Å²) in [6, 6.07) is 3.44. The van der Waals surface area contributed by atoms with E-state index in [1.165, 1.54) is 0 Å². The summed E-state index contributed by atoms with van der Waals surface area (Å²) in [7, 11) is 1.80. The van der Waals surface area contributed by atoms with Gasteiger partial charge in [0.05, 0.1) is 17.4 Å². The molecule has 0 aliphatic heterocycles. The third kappa shape index (κ3) is 3.31. The summed E-state index contributed by atoms with van der Waals surface area (Å²) in [6.07, 6.45) is 6.02. The Morgan fingerprint density at radius 3 is 2.95 bits per heavy atom. The molecule has 2 rings (SSSR count). The zero-order valence-corrected chi connectivity index (χ0v) is 11.1. The van der Waals surface area contributed by atoms with Crippen LogP contribution >= 0.6 is 0 Å². The lowest BCUT2D eigenvalue weighted by Gasteiger charge is -2.09. The maximum absolute atomic E-state index is 12.2. The summed E-state index contributed by atoms with van der Waals surface area (Å²) in [5.74, 6) is 0.338. The average Bonchev–Trinajstić information content (AvgIpc) is 2.82. The first-order valence-corrected chi connectivity index (χ1v) is 6.19. The van der Waals surface area contributed by atoms with Gasteiger partial charge in [-0.2, -0.15) is 5.10 Å². The number of hydrogen-bond acceptors (Lipinski definition) is 4. The molecule has 0 bridgehead atoms. The first-order chi connectivity index (χ1) is 9.20. The molecule has 0 saturated heterocycles. The van der Waals surface area contributed by atoms with Crippen LogP contribution in [-0.2, 0) is 7.05 Å². The Hall–Kier alpha value is -2.37. The molecule has 0 radical (unpaired) electrons. The van der Waals surface area contributed by atoms with E-state index in [4.69, 9.17) is 0 Å². The van der Waals surface area contributed by atoms with Gasteiger partial charge in [-0.05, 0) is 12.5 Å². The van der Waals surface area contributed by atoms with Gasteiger partial charge in [0.25, 0.3) is 5.91 Å². The number of nitrogens with zero attached hydrogens (tertiary/aromatic N) is 3. The van der Waals surface area contributed by atoms with Gasteiger partial charge in [0.1, 0.15) is 0 Å². The molecule has 19 heavy (non-hydrogen) atoms. The van der Waals surface area contributed by atoms with Gasteiger partial charge < -0.3 is 10.6 Å². The summed E-state index contributed by atoms with van der Waals surface area (Å²) < 4.78 is 1.64. The zero-order chi connectivity index (χ0) is 13.7. The van der Waals surface area contributed by atoms with Crippen molar-refractivity contribution in [2.45, 2.75) is 13.3 Å². The molecule has 2 heterocycles. The minimum Gasteiger partial charge on any atom is -0.383 e. The van der Waals surface area contributed by atoms with E-state index < -0.39 is 0 Å². The number of hydrogen-bond donors (Lipinski definition) is 2. The Morgan fingerprint density at radius 2 is 2.26 bits per heavy atom. The standard InChI is InChI=1S/C13H17N5O/c1-3-6-15-11-9-14-7-4-10(11)13(19)16-12-5-8-18(2)17-12/h4-5,7-9,15H,3,6H2,1-2H3,(H,16,17,19). The molecular weight excluding hydrogens is 242 g/mol. The van der Waals surface area contributed by atoms with Crippen LogP contribution in [0.15, 0.2) is 30.7 Å². The highest BCUT2D eigenvalue weighted by molar-refractivity contribution is 6.07. The highest BCUT2D eigenvalue weighted by Gasteiger charge is 2.12. The number of amides is 1. The second kappa shape index (κ2) is 5.99. The van der Waals surface area contributed by atoms with Crippen molar-refractivity contribution in [3.63, 3.8) is 0 Å². The van der Waals surface area contributed by atoms with Crippen LogP contribution in [0.2, 0.25) is 0 Å². The molecule has 6 heteroatoms. The van der Waals surface area contributed by atoms with Crippen LogP contribution < -0.4 is 10.6 Å². The molecule has 6 nitrogen and oxygen atoms in total. The fourth-order valence-corrected chi connectivity index (χ4v) is 1.66. The Morgan fingerprint density at radius 1 is 1.42 bits per heavy atom. The van der Waals surface area contributed by atoms with Crippen LogP contribution in [0.5, 0.6) is 0 Å². The predicted octanol–water partition coefficient (Wildman–Crippen LogP) is 1.89. The molecule has 0 saturated carbocycles. The third-order valence-electron chi connectivity index (χ3n) is 2.59. The third-order valence-corrected chi connectivity index (χ3v) is 2.59. The van der Waals surface area contributed by atoms with Crippen molar-refractivity contribution in [1.82, 2.24) is 14.8 Å². The molecule has 100 valence electrons. The molecule has 0 atom stereocenters. The molecule has 0 aliphatic rings. The second-order valence-electron chi connectivity index (χ2n) is 4.18. The van der Waals surface area contributed by atoms with Crippen LogP contribution in [0, 0.1) is 0 Å². The van der Waals surface area contributed by atoms with Gasteiger partial charge in [-0.3, -0.25) is 14.5 Å². The monoisotopic (exact) mass is 259 g/mol. The summed E-state index contributed by atoms with van der Waals surface area (Å²) in [6.45, 7) is 2.87. The van der Waals surface area contributed by atoms with E-state index in [1.54, 1.807) is 42.5 Å². The summed E-state index contributed by atoms with van der Waals surface area (Å²) >= 11 is 0. The van der Waals surface area contributed by atoms with E-state index in [0.717, 1.165) is 18.7 Å². The normalized spacial score (nSPS) is 10.2. The van der Waals surface area contributed by atoms with Crippen LogP contribution in [0.25, 0.3) is 0 Å². The second-order valence-corrected chi connectivity index (χ2v) is 4.18. The molecule has 0 fully saturated rings. The molecule has 2 aromatic rings. The van der Waals surface area contributed by atoms with Crippen molar-refractivity contribution in [3.8, 4) is 0 Å². The fraction of sp³-hybridized carbons (Fsp3) is 0.308. The number of anilines is 2. The van der Waals surface area contributed by atoms with Crippen molar-refractivity contribution >= 4 is 17.4 Å². The van der Waals surface area contributed by atoms with Crippen LogP contribution in [0.4, 0.5) is 11.5 Å². The maximum atomic E-state index is 12.2. The largest absolute Gasteiger partial charge is 0.383 e. The van der Waals surface area contributed by atoms with Gasteiger partial charge in [-0.25, -0.2) is 0 Å². The van der Waals surface area contributed by atoms with Crippen LogP contribution in [-0.4, -0.2) is 27.2 Å². The SMILES string of the molecule is CCCNc1cnccc1C(=O)Nc1ccn(C)n1. The smallest absolute Gasteiger partial charge is 0.259 e. The molecule has 0 aromatic carbocycles. The lowest BCUT2D eigenvalue weighted by atomic mass is 10.2. The number of carbonyl (C=O) groups excluding carboxylic acids is 1. The number of rotatable bonds is 5. The molecule has 0 spiro atoms. The lowest BCUT2D eigenvalue weighted by Crippen LogP contribution is -2.15. The number of pyridine rings is 1. The van der Waals surface area contributed by atoms with Crippen LogP contribution in [0.3, 0.4) is 0 Å². The van der Waals surface area contributed by atoms with Crippen LogP contribution in [0.1, 0.15) is 23.7 Å². The highest BCUT2D eigenvalue weighted by atomic mass is 16.1. The number of carbonyl (C=O) groups is 1. The Labute approximate surface area is 111 Å². The fourth-order valence-electron chi connectivity index (χ4n) is 1.66. The van der Waals surface area contributed by atoms with Crippen molar-refractivity contribution in [1.29, 1.82) is 0 Å². The maximum Gasteiger partial charge on any atom is 0.259 e. The van der Waals surface area contributed by atoms with Crippen molar-refractivity contribution < 1.29 is 4.79 Å². The van der Waals surface area contributed by atoms with Gasteiger partial charge in [-0.15, -0.1) is 0 Å². The molecule has 1 amide bonds.